The molecule has 2 heterocycles. The van der Waals surface area contributed by atoms with E-state index in [1.165, 1.54) is 16.7 Å². The number of anilines is 2. The number of hydrogen-bond donors (Lipinski definition) is 1. The number of rotatable bonds is 2. The van der Waals surface area contributed by atoms with E-state index >= 15 is 0 Å². The molecular formula is C23H27N3O2. The van der Waals surface area contributed by atoms with Crippen LogP contribution in [0.2, 0.25) is 0 Å². The van der Waals surface area contributed by atoms with Crippen molar-refractivity contribution in [2.75, 3.05) is 23.3 Å². The summed E-state index contributed by atoms with van der Waals surface area (Å²) < 4.78 is 0. The van der Waals surface area contributed by atoms with E-state index in [1.54, 1.807) is 4.90 Å². The second kappa shape index (κ2) is 6.97. The molecule has 2 aliphatic heterocycles. The molecule has 0 saturated carbocycles. The number of amides is 3. The average molecular weight is 377 g/mol. The maximum Gasteiger partial charge on any atom is 0.322 e. The highest BCUT2D eigenvalue weighted by Gasteiger charge is 2.25. The van der Waals surface area contributed by atoms with Crippen LogP contribution in [0.5, 0.6) is 0 Å². The van der Waals surface area contributed by atoms with Gasteiger partial charge in [0.05, 0.1) is 0 Å². The molecule has 0 aromatic heterocycles. The van der Waals surface area contributed by atoms with Crippen molar-refractivity contribution in [1.29, 1.82) is 0 Å². The van der Waals surface area contributed by atoms with E-state index < -0.39 is 0 Å². The zero-order valence-corrected chi connectivity index (χ0v) is 16.8. The molecule has 0 aliphatic carbocycles. The van der Waals surface area contributed by atoms with Gasteiger partial charge in [0.1, 0.15) is 0 Å². The van der Waals surface area contributed by atoms with Gasteiger partial charge in [0.2, 0.25) is 5.91 Å². The smallest absolute Gasteiger partial charge is 0.320 e. The van der Waals surface area contributed by atoms with Crippen molar-refractivity contribution in [1.82, 2.24) is 4.90 Å². The Morgan fingerprint density at radius 3 is 2.32 bits per heavy atom. The zero-order valence-electron chi connectivity index (χ0n) is 16.8. The maximum atomic E-state index is 12.7. The van der Waals surface area contributed by atoms with Crippen molar-refractivity contribution >= 4 is 23.3 Å². The molecule has 2 aromatic rings. The predicted molar refractivity (Wildman–Crippen MR) is 112 cm³/mol. The van der Waals surface area contributed by atoms with Crippen molar-refractivity contribution in [2.45, 2.75) is 45.6 Å². The van der Waals surface area contributed by atoms with Gasteiger partial charge in [-0.15, -0.1) is 0 Å². The van der Waals surface area contributed by atoms with Crippen LogP contribution in [0, 0.1) is 0 Å². The Morgan fingerprint density at radius 2 is 1.71 bits per heavy atom. The van der Waals surface area contributed by atoms with Gasteiger partial charge in [0.25, 0.3) is 0 Å². The Labute approximate surface area is 166 Å². The lowest BCUT2D eigenvalue weighted by Crippen LogP contribution is -2.43. The van der Waals surface area contributed by atoms with Gasteiger partial charge >= 0.3 is 6.03 Å². The zero-order chi connectivity index (χ0) is 19.9. The molecule has 5 heteroatoms. The Bertz CT molecular complexity index is 912. The number of β-lactam (4-membered cyclic amide) rings is 1. The van der Waals surface area contributed by atoms with E-state index in [1.807, 2.05) is 29.2 Å². The molecule has 0 radical (unpaired) electrons. The van der Waals surface area contributed by atoms with Crippen LogP contribution in [-0.4, -0.2) is 29.9 Å². The highest BCUT2D eigenvalue weighted by atomic mass is 16.2. The Hall–Kier alpha value is -2.82. The third kappa shape index (κ3) is 3.61. The molecular weight excluding hydrogens is 350 g/mol. The number of hydrogen-bond acceptors (Lipinski definition) is 2. The van der Waals surface area contributed by atoms with Crippen molar-refractivity contribution < 1.29 is 9.59 Å². The lowest BCUT2D eigenvalue weighted by atomic mass is 9.84. The van der Waals surface area contributed by atoms with E-state index in [0.717, 1.165) is 24.3 Å². The molecule has 0 spiro atoms. The second-order valence-corrected chi connectivity index (χ2v) is 8.68. The Kier molecular flexibility index (Phi) is 4.61. The van der Waals surface area contributed by atoms with Crippen LogP contribution in [-0.2, 0) is 23.2 Å². The molecule has 5 nitrogen and oxygen atoms in total. The molecule has 28 heavy (non-hydrogen) atoms. The van der Waals surface area contributed by atoms with Gasteiger partial charge in [-0.1, -0.05) is 39.0 Å². The van der Waals surface area contributed by atoms with Crippen LogP contribution < -0.4 is 10.2 Å². The summed E-state index contributed by atoms with van der Waals surface area (Å²) in [6, 6.07) is 14.1. The van der Waals surface area contributed by atoms with Crippen LogP contribution >= 0.6 is 0 Å². The van der Waals surface area contributed by atoms with Gasteiger partial charge < -0.3 is 15.1 Å². The normalized spacial score (nSPS) is 16.5. The van der Waals surface area contributed by atoms with Crippen LogP contribution in [0.3, 0.4) is 0 Å². The van der Waals surface area contributed by atoms with Gasteiger partial charge in [-0.2, -0.15) is 0 Å². The standard InChI is InChI=1S/C23H27N3O2/c1-23(2,3)18-5-4-16-10-12-25(15-17(16)14-18)22(28)24-19-6-8-20(9-7-19)26-13-11-21(26)27/h4-9,14H,10-13,15H2,1-3H3,(H,24,28). The number of benzene rings is 2. The molecule has 2 aromatic carbocycles. The summed E-state index contributed by atoms with van der Waals surface area (Å²) in [5, 5.41) is 2.98. The minimum absolute atomic E-state index is 0.0837. The number of fused-ring (bicyclic) bond motifs is 1. The fraction of sp³-hybridized carbons (Fsp3) is 0.391. The molecule has 2 aliphatic rings. The van der Waals surface area contributed by atoms with E-state index in [9.17, 15) is 9.59 Å². The molecule has 146 valence electrons. The molecule has 4 rings (SSSR count). The number of nitrogens with zero attached hydrogens (tertiary/aromatic N) is 2. The fourth-order valence-electron chi connectivity index (χ4n) is 3.71. The molecule has 0 bridgehead atoms. The predicted octanol–water partition coefficient (Wildman–Crippen LogP) is 4.31. The van der Waals surface area contributed by atoms with Gasteiger partial charge in [-0.25, -0.2) is 4.79 Å². The molecule has 0 atom stereocenters. The largest absolute Gasteiger partial charge is 0.322 e. The minimum atomic E-state index is -0.0837. The summed E-state index contributed by atoms with van der Waals surface area (Å²) in [7, 11) is 0. The molecule has 0 unspecified atom stereocenters. The topological polar surface area (TPSA) is 52.7 Å². The molecule has 1 N–H and O–H groups in total. The summed E-state index contributed by atoms with van der Waals surface area (Å²) in [4.78, 5) is 27.9. The van der Waals surface area contributed by atoms with Crippen LogP contribution in [0.15, 0.2) is 42.5 Å². The first-order chi connectivity index (χ1) is 13.3. The van der Waals surface area contributed by atoms with Gasteiger partial charge in [-0.05, 0) is 52.8 Å². The monoisotopic (exact) mass is 377 g/mol. The number of carbonyl (C=O) groups excluding carboxylic acids is 2. The molecule has 1 fully saturated rings. The highest BCUT2D eigenvalue weighted by Crippen LogP contribution is 2.28. The van der Waals surface area contributed by atoms with Gasteiger partial charge in [0, 0.05) is 37.4 Å². The SMILES string of the molecule is CC(C)(C)c1ccc2c(c1)CN(C(=O)Nc1ccc(N3CCC3=O)cc1)CC2. The van der Waals surface area contributed by atoms with Gasteiger partial charge in [-0.3, -0.25) is 4.79 Å². The van der Waals surface area contributed by atoms with Crippen molar-refractivity contribution in [2.24, 2.45) is 0 Å². The first kappa shape index (κ1) is 18.5. The summed E-state index contributed by atoms with van der Waals surface area (Å²) in [6.45, 7) is 8.74. The lowest BCUT2D eigenvalue weighted by molar-refractivity contribution is -0.122. The first-order valence-electron chi connectivity index (χ1n) is 9.90. The highest BCUT2D eigenvalue weighted by molar-refractivity contribution is 5.99. The Morgan fingerprint density at radius 1 is 0.964 bits per heavy atom. The molecule has 1 saturated heterocycles. The Balaban J connectivity index is 1.42. The van der Waals surface area contributed by atoms with Crippen molar-refractivity contribution in [3.8, 4) is 0 Å². The van der Waals surface area contributed by atoms with Crippen molar-refractivity contribution in [3.63, 3.8) is 0 Å². The fourth-order valence-corrected chi connectivity index (χ4v) is 3.71. The molecule has 3 amide bonds. The van der Waals surface area contributed by atoms with Crippen LogP contribution in [0.4, 0.5) is 16.2 Å². The number of carbonyl (C=O) groups is 2. The van der Waals surface area contributed by atoms with Crippen LogP contribution in [0.1, 0.15) is 43.9 Å². The summed E-state index contributed by atoms with van der Waals surface area (Å²) >= 11 is 0. The third-order valence-electron chi connectivity index (χ3n) is 5.65. The van der Waals surface area contributed by atoms with E-state index in [4.69, 9.17) is 0 Å². The van der Waals surface area contributed by atoms with Crippen molar-refractivity contribution in [3.05, 3.63) is 59.2 Å². The van der Waals surface area contributed by atoms with E-state index in [2.05, 4.69) is 44.3 Å². The van der Waals surface area contributed by atoms with E-state index in [0.29, 0.717) is 19.5 Å². The average Bonchev–Trinajstić information content (AvgIpc) is 2.66. The first-order valence-corrected chi connectivity index (χ1v) is 9.90. The van der Waals surface area contributed by atoms with Gasteiger partial charge in [0.15, 0.2) is 0 Å². The van der Waals surface area contributed by atoms with E-state index in [-0.39, 0.29) is 17.4 Å². The minimum Gasteiger partial charge on any atom is -0.320 e. The summed E-state index contributed by atoms with van der Waals surface area (Å²) in [6.07, 6.45) is 1.50. The quantitative estimate of drug-likeness (QED) is 0.793. The number of nitrogens with one attached hydrogen (secondary N) is 1. The maximum absolute atomic E-state index is 12.7. The summed E-state index contributed by atoms with van der Waals surface area (Å²) in [5.41, 5.74) is 5.59. The lowest BCUT2D eigenvalue weighted by Gasteiger charge is -2.31. The number of urea groups is 1. The summed E-state index contributed by atoms with van der Waals surface area (Å²) in [5.74, 6) is 0.151. The van der Waals surface area contributed by atoms with Crippen LogP contribution in [0.25, 0.3) is 0 Å². The third-order valence-corrected chi connectivity index (χ3v) is 5.65. The second-order valence-electron chi connectivity index (χ2n) is 8.68.